The molecule has 0 saturated carbocycles. The summed E-state index contributed by atoms with van der Waals surface area (Å²) in [6.45, 7) is 3.62. The van der Waals surface area contributed by atoms with Crippen molar-refractivity contribution in [1.82, 2.24) is 9.21 Å². The van der Waals surface area contributed by atoms with Gasteiger partial charge >= 0.3 is 0 Å². The first-order valence-electron chi connectivity index (χ1n) is 5.91. The zero-order valence-corrected chi connectivity index (χ0v) is 12.5. The molecule has 8 heteroatoms. The third-order valence-electron chi connectivity index (χ3n) is 3.38. The molecular weight excluding hydrogens is 286 g/mol. The SMILES string of the molecule is C[C@H]1CN(S(=O)(=O)c2cc(C(N)=O)cs2)CCN1C. The Labute approximate surface area is 116 Å². The van der Waals surface area contributed by atoms with Crippen LogP contribution in [0.4, 0.5) is 0 Å². The normalized spacial score (nSPS) is 22.5. The molecular formula is C11H17N3O3S2. The number of carbonyl (C=O) groups excluding carboxylic acids is 1. The lowest BCUT2D eigenvalue weighted by atomic mass is 10.2. The first kappa shape index (κ1) is 14.4. The van der Waals surface area contributed by atoms with E-state index in [2.05, 4.69) is 4.90 Å². The van der Waals surface area contributed by atoms with Gasteiger partial charge in [-0.1, -0.05) is 0 Å². The van der Waals surface area contributed by atoms with Crippen LogP contribution >= 0.6 is 11.3 Å². The fourth-order valence-corrected chi connectivity index (χ4v) is 4.78. The fourth-order valence-electron chi connectivity index (χ4n) is 1.94. The number of nitrogens with two attached hydrogens (primary N) is 1. The van der Waals surface area contributed by atoms with Crippen molar-refractivity contribution in [2.75, 3.05) is 26.7 Å². The van der Waals surface area contributed by atoms with E-state index in [4.69, 9.17) is 5.73 Å². The second-order valence-corrected chi connectivity index (χ2v) is 7.79. The molecule has 1 aliphatic heterocycles. The number of piperazine rings is 1. The second kappa shape index (κ2) is 5.20. The van der Waals surface area contributed by atoms with Crippen LogP contribution in [-0.4, -0.2) is 56.3 Å². The van der Waals surface area contributed by atoms with Crippen molar-refractivity contribution in [1.29, 1.82) is 0 Å². The number of hydrogen-bond acceptors (Lipinski definition) is 5. The molecule has 2 N–H and O–H groups in total. The van der Waals surface area contributed by atoms with Crippen molar-refractivity contribution in [3.63, 3.8) is 0 Å². The Kier molecular flexibility index (Phi) is 3.95. The van der Waals surface area contributed by atoms with Crippen LogP contribution in [0, 0.1) is 0 Å². The lowest BCUT2D eigenvalue weighted by molar-refractivity contribution is 0.100. The molecule has 1 aromatic rings. The number of nitrogens with zero attached hydrogens (tertiary/aromatic N) is 2. The van der Waals surface area contributed by atoms with Gasteiger partial charge in [0.25, 0.3) is 10.0 Å². The summed E-state index contributed by atoms with van der Waals surface area (Å²) >= 11 is 1.04. The molecule has 0 aliphatic carbocycles. The van der Waals surface area contributed by atoms with Gasteiger partial charge in [0.05, 0.1) is 5.56 Å². The van der Waals surface area contributed by atoms with E-state index >= 15 is 0 Å². The molecule has 6 nitrogen and oxygen atoms in total. The predicted molar refractivity (Wildman–Crippen MR) is 73.7 cm³/mol. The van der Waals surface area contributed by atoms with E-state index in [1.54, 1.807) is 0 Å². The Morgan fingerprint density at radius 3 is 2.68 bits per heavy atom. The lowest BCUT2D eigenvalue weighted by Crippen LogP contribution is -2.51. The topological polar surface area (TPSA) is 83.7 Å². The number of hydrogen-bond donors (Lipinski definition) is 1. The van der Waals surface area contributed by atoms with Gasteiger partial charge in [-0.15, -0.1) is 11.3 Å². The third kappa shape index (κ3) is 2.81. The quantitative estimate of drug-likeness (QED) is 0.863. The average molecular weight is 303 g/mol. The number of carbonyl (C=O) groups is 1. The molecule has 0 spiro atoms. The monoisotopic (exact) mass is 303 g/mol. The van der Waals surface area contributed by atoms with Gasteiger partial charge in [-0.3, -0.25) is 4.79 Å². The molecule has 0 radical (unpaired) electrons. The second-order valence-electron chi connectivity index (χ2n) is 4.71. The summed E-state index contributed by atoms with van der Waals surface area (Å²) in [5.74, 6) is -0.607. The molecule has 2 heterocycles. The van der Waals surface area contributed by atoms with E-state index in [-0.39, 0.29) is 15.8 Å². The van der Waals surface area contributed by atoms with Gasteiger partial charge in [-0.05, 0) is 20.0 Å². The molecule has 1 aliphatic rings. The fraction of sp³-hybridized carbons (Fsp3) is 0.545. The van der Waals surface area contributed by atoms with E-state index < -0.39 is 15.9 Å². The smallest absolute Gasteiger partial charge is 0.252 e. The van der Waals surface area contributed by atoms with Gasteiger partial charge in [0, 0.05) is 31.1 Å². The molecule has 0 aromatic carbocycles. The van der Waals surface area contributed by atoms with Crippen LogP contribution in [0.15, 0.2) is 15.7 Å². The van der Waals surface area contributed by atoms with Crippen molar-refractivity contribution in [2.45, 2.75) is 17.2 Å². The Morgan fingerprint density at radius 2 is 2.16 bits per heavy atom. The molecule has 19 heavy (non-hydrogen) atoms. The zero-order valence-electron chi connectivity index (χ0n) is 10.9. The lowest BCUT2D eigenvalue weighted by Gasteiger charge is -2.36. The van der Waals surface area contributed by atoms with Crippen LogP contribution in [-0.2, 0) is 10.0 Å². The number of amides is 1. The van der Waals surface area contributed by atoms with E-state index in [1.807, 2.05) is 14.0 Å². The number of sulfonamides is 1. The first-order valence-corrected chi connectivity index (χ1v) is 8.23. The van der Waals surface area contributed by atoms with Crippen LogP contribution in [0.1, 0.15) is 17.3 Å². The van der Waals surface area contributed by atoms with E-state index in [9.17, 15) is 13.2 Å². The highest BCUT2D eigenvalue weighted by Crippen LogP contribution is 2.25. The van der Waals surface area contributed by atoms with Gasteiger partial charge in [0.2, 0.25) is 5.91 Å². The average Bonchev–Trinajstić information content (AvgIpc) is 2.82. The third-order valence-corrected chi connectivity index (χ3v) is 6.66. The van der Waals surface area contributed by atoms with Crippen molar-refractivity contribution < 1.29 is 13.2 Å². The van der Waals surface area contributed by atoms with Crippen LogP contribution in [0.25, 0.3) is 0 Å². The van der Waals surface area contributed by atoms with E-state index in [1.165, 1.54) is 15.8 Å². The van der Waals surface area contributed by atoms with Gasteiger partial charge in [-0.2, -0.15) is 4.31 Å². The first-order chi connectivity index (χ1) is 8.82. The molecule has 1 saturated heterocycles. The van der Waals surface area contributed by atoms with Crippen LogP contribution in [0.3, 0.4) is 0 Å². The van der Waals surface area contributed by atoms with Gasteiger partial charge in [0.15, 0.2) is 0 Å². The largest absolute Gasteiger partial charge is 0.366 e. The van der Waals surface area contributed by atoms with Crippen molar-refractivity contribution in [2.24, 2.45) is 5.73 Å². The minimum atomic E-state index is -3.51. The van der Waals surface area contributed by atoms with Crippen LogP contribution in [0.5, 0.6) is 0 Å². The number of thiophene rings is 1. The van der Waals surface area contributed by atoms with Gasteiger partial charge in [-0.25, -0.2) is 8.42 Å². The Morgan fingerprint density at radius 1 is 1.47 bits per heavy atom. The number of primary amides is 1. The maximum atomic E-state index is 12.4. The molecule has 2 rings (SSSR count). The number of likely N-dealkylation sites (N-methyl/N-ethyl adjacent to an activating group) is 1. The minimum Gasteiger partial charge on any atom is -0.366 e. The predicted octanol–water partition coefficient (Wildman–Crippen LogP) is 0.172. The Bertz CT molecular complexity index is 582. The Hall–Kier alpha value is -0.960. The van der Waals surface area contributed by atoms with Crippen LogP contribution in [0.2, 0.25) is 0 Å². The highest BCUT2D eigenvalue weighted by molar-refractivity contribution is 7.91. The van der Waals surface area contributed by atoms with Gasteiger partial charge < -0.3 is 10.6 Å². The summed E-state index contributed by atoms with van der Waals surface area (Å²) in [5, 5.41) is 1.48. The molecule has 106 valence electrons. The summed E-state index contributed by atoms with van der Waals surface area (Å²) in [6.07, 6.45) is 0. The molecule has 0 unspecified atom stereocenters. The Balaban J connectivity index is 2.24. The molecule has 0 bridgehead atoms. The van der Waals surface area contributed by atoms with Crippen LogP contribution < -0.4 is 5.73 Å². The highest BCUT2D eigenvalue weighted by Gasteiger charge is 2.32. The molecule has 1 fully saturated rings. The van der Waals surface area contributed by atoms with Crippen molar-refractivity contribution in [3.05, 3.63) is 17.0 Å². The van der Waals surface area contributed by atoms with E-state index in [0.29, 0.717) is 19.6 Å². The zero-order chi connectivity index (χ0) is 14.2. The molecule has 1 amide bonds. The van der Waals surface area contributed by atoms with Crippen molar-refractivity contribution in [3.8, 4) is 0 Å². The summed E-state index contributed by atoms with van der Waals surface area (Å²) in [4.78, 5) is 13.1. The summed E-state index contributed by atoms with van der Waals surface area (Å²) < 4.78 is 26.5. The molecule has 1 atom stereocenters. The van der Waals surface area contributed by atoms with Crippen molar-refractivity contribution >= 4 is 27.3 Å². The summed E-state index contributed by atoms with van der Waals surface area (Å²) in [5.41, 5.74) is 5.38. The maximum absolute atomic E-state index is 12.4. The maximum Gasteiger partial charge on any atom is 0.252 e. The highest BCUT2D eigenvalue weighted by atomic mass is 32.2. The summed E-state index contributed by atoms with van der Waals surface area (Å²) in [7, 11) is -1.54. The summed E-state index contributed by atoms with van der Waals surface area (Å²) in [6, 6.07) is 1.53. The van der Waals surface area contributed by atoms with E-state index in [0.717, 1.165) is 11.3 Å². The molecule has 1 aromatic heterocycles. The van der Waals surface area contributed by atoms with Gasteiger partial charge in [0.1, 0.15) is 4.21 Å². The standard InChI is InChI=1S/C11H17N3O3S2/c1-8-6-14(4-3-13(8)2)19(16,17)10-5-9(7-18-10)11(12)15/h5,7-8H,3-4,6H2,1-2H3,(H2,12,15)/t8-/m0/s1. The minimum absolute atomic E-state index is 0.179. The number of rotatable bonds is 3.